The number of hydrogen-bond donors (Lipinski definition) is 0. The maximum absolute atomic E-state index is 3.53. The van der Waals surface area contributed by atoms with E-state index >= 15 is 0 Å². The summed E-state index contributed by atoms with van der Waals surface area (Å²) in [5.41, 5.74) is 11.5. The second-order valence-corrected chi connectivity index (χ2v) is 16.5. The standard InChI is InChI=1S/C21H14.C21H25.C5H5.2ClH.Hf/c1-3-13-20-16(7-1)9-5-11-18(20)15-19-12-6-10-17-8-2-4-14-21(17)19;1-20(2,3)16-9-7-14-11-15-8-10-17(21(4,5)6)13-19(15)18(14)12-16;1-2-4-5-3-1;;;/h1-14H;7,9-10,12-13H,11H2,1-6H3;1-5H;2*1H;/q;2*-1;;;+2/p-2. The summed E-state index contributed by atoms with van der Waals surface area (Å²) in [7, 11) is 0. The number of benzene rings is 6. The van der Waals surface area contributed by atoms with Gasteiger partial charge in [0.25, 0.3) is 0 Å². The molecule has 7 aromatic carbocycles. The Balaban J connectivity index is 0.000000190. The van der Waals surface area contributed by atoms with Crippen LogP contribution in [0.25, 0.3) is 32.7 Å². The van der Waals surface area contributed by atoms with Crippen molar-refractivity contribution in [3.63, 3.8) is 0 Å². The molecule has 1 aliphatic rings. The predicted molar refractivity (Wildman–Crippen MR) is 204 cm³/mol. The van der Waals surface area contributed by atoms with Gasteiger partial charge in [-0.25, -0.2) is 12.1 Å². The molecular weight excluding hydrogens is 814 g/mol. The Morgan fingerprint density at radius 3 is 1.58 bits per heavy atom. The molecule has 0 atom stereocenters. The number of rotatable bonds is 2. The molecule has 50 heavy (non-hydrogen) atoms. The third kappa shape index (κ3) is 8.86. The monoisotopic (exact) mass is 858 g/mol. The molecule has 1 aliphatic carbocycles. The maximum atomic E-state index is 3.53. The van der Waals surface area contributed by atoms with E-state index in [4.69, 9.17) is 0 Å². The molecule has 0 heterocycles. The van der Waals surface area contributed by atoms with E-state index < -0.39 is 0 Å². The van der Waals surface area contributed by atoms with E-state index in [2.05, 4.69) is 163 Å². The van der Waals surface area contributed by atoms with Gasteiger partial charge in [-0.3, -0.25) is 0 Å². The second-order valence-electron chi connectivity index (χ2n) is 14.7. The van der Waals surface area contributed by atoms with Crippen molar-refractivity contribution in [1.82, 2.24) is 0 Å². The normalized spacial score (nSPS) is 11.5. The molecule has 0 bridgehead atoms. The average molecular weight is 858 g/mol. The molecule has 8 rings (SSSR count). The molecule has 0 amide bonds. The first-order valence-electron chi connectivity index (χ1n) is 16.9. The van der Waals surface area contributed by atoms with Crippen LogP contribution < -0.4 is 24.8 Å². The van der Waals surface area contributed by atoms with Crippen molar-refractivity contribution >= 4 is 24.8 Å². The summed E-state index contributed by atoms with van der Waals surface area (Å²) in [6, 6.07) is 55.6. The van der Waals surface area contributed by atoms with Gasteiger partial charge in [0.2, 0.25) is 0 Å². The van der Waals surface area contributed by atoms with Crippen molar-refractivity contribution in [2.45, 2.75) is 58.8 Å². The first kappa shape index (κ1) is 39.3. The molecule has 0 radical (unpaired) electrons. The SMILES string of the molecule is CC(C)(C)c1c[c-]c2c(c1)-c1cc(C(C)(C)C)ccc1C2.[Cl-].[Cl-].[Hf+2]=[C](c1cccc2ccccc12)c1cccc2ccccc12.c1cc[cH-]c1. The number of fused-ring (bicyclic) bond motifs is 5. The Labute approximate surface area is 326 Å². The molecule has 0 nitrogen and oxygen atoms in total. The Hall–Kier alpha value is -3.49. The predicted octanol–water partition coefficient (Wildman–Crippen LogP) is 6.18. The van der Waals surface area contributed by atoms with Crippen LogP contribution in [0.5, 0.6) is 0 Å². The Morgan fingerprint density at radius 2 is 1.08 bits per heavy atom. The molecule has 0 unspecified atom stereocenters. The summed E-state index contributed by atoms with van der Waals surface area (Å²) in [6.07, 6.45) is 1.03. The van der Waals surface area contributed by atoms with Crippen LogP contribution >= 0.6 is 0 Å². The van der Waals surface area contributed by atoms with E-state index in [0.717, 1.165) is 30.3 Å². The van der Waals surface area contributed by atoms with Gasteiger partial charge in [-0.15, -0.1) is 5.56 Å². The molecule has 0 spiro atoms. The fourth-order valence-electron chi connectivity index (χ4n) is 6.34. The zero-order valence-electron chi connectivity index (χ0n) is 29.8. The van der Waals surface area contributed by atoms with E-state index in [1.807, 2.05) is 30.3 Å². The van der Waals surface area contributed by atoms with Gasteiger partial charge >= 0.3 is 145 Å². The van der Waals surface area contributed by atoms with Gasteiger partial charge in [-0.1, -0.05) is 76.3 Å². The topological polar surface area (TPSA) is 0 Å². The minimum atomic E-state index is 0. The third-order valence-electron chi connectivity index (χ3n) is 9.20. The van der Waals surface area contributed by atoms with Crippen molar-refractivity contribution in [3.05, 3.63) is 185 Å². The van der Waals surface area contributed by atoms with Crippen molar-refractivity contribution in [1.29, 1.82) is 0 Å². The van der Waals surface area contributed by atoms with Crippen LogP contribution in [0.15, 0.2) is 146 Å². The minimum absolute atomic E-state index is 0. The molecule has 0 N–H and O–H groups in total. The first-order chi connectivity index (χ1) is 23.0. The molecule has 0 fully saturated rings. The van der Waals surface area contributed by atoms with Crippen LogP contribution in [-0.2, 0) is 41.1 Å². The minimum Gasteiger partial charge on any atom is -0.214 e. The van der Waals surface area contributed by atoms with Crippen LogP contribution in [0, 0.1) is 6.07 Å². The Kier molecular flexibility index (Phi) is 13.1. The van der Waals surface area contributed by atoms with E-state index in [0.29, 0.717) is 0 Å². The molecule has 3 heteroatoms. The van der Waals surface area contributed by atoms with E-state index in [9.17, 15) is 0 Å². The first-order valence-corrected chi connectivity index (χ1v) is 18.7. The molecule has 0 aliphatic heterocycles. The van der Waals surface area contributed by atoms with Crippen LogP contribution in [0.1, 0.15) is 74.9 Å². The molecule has 0 saturated carbocycles. The summed E-state index contributed by atoms with van der Waals surface area (Å²) >= 11 is 1.02. The van der Waals surface area contributed by atoms with Crippen molar-refractivity contribution in [2.24, 2.45) is 0 Å². The van der Waals surface area contributed by atoms with Gasteiger partial charge < -0.3 is 24.8 Å². The number of halogens is 2. The largest absolute Gasteiger partial charge is 0.214 e. The van der Waals surface area contributed by atoms with Gasteiger partial charge in [0, 0.05) is 0 Å². The van der Waals surface area contributed by atoms with Crippen LogP contribution in [0.2, 0.25) is 0 Å². The Morgan fingerprint density at radius 1 is 0.580 bits per heavy atom. The van der Waals surface area contributed by atoms with Gasteiger partial charge in [0.15, 0.2) is 0 Å². The van der Waals surface area contributed by atoms with Crippen molar-refractivity contribution in [3.8, 4) is 11.1 Å². The van der Waals surface area contributed by atoms with Crippen LogP contribution in [0.3, 0.4) is 0 Å². The van der Waals surface area contributed by atoms with E-state index in [1.165, 1.54) is 69.3 Å². The van der Waals surface area contributed by atoms with Crippen molar-refractivity contribution in [2.75, 3.05) is 0 Å². The van der Waals surface area contributed by atoms with Gasteiger partial charge in [-0.05, 0) is 17.4 Å². The van der Waals surface area contributed by atoms with Crippen LogP contribution in [0.4, 0.5) is 0 Å². The summed E-state index contributed by atoms with van der Waals surface area (Å²) < 4.78 is 1.47. The zero-order valence-corrected chi connectivity index (χ0v) is 34.9. The fraction of sp³-hybridized carbons (Fsp3) is 0.191. The van der Waals surface area contributed by atoms with Crippen LogP contribution in [-0.4, -0.2) is 3.26 Å². The maximum Gasteiger partial charge on any atom is -0.172 e. The average Bonchev–Trinajstić information content (AvgIpc) is 3.79. The molecule has 0 aromatic heterocycles. The van der Waals surface area contributed by atoms with Gasteiger partial charge in [-0.2, -0.15) is 47.5 Å². The number of hydrogen-bond acceptors (Lipinski definition) is 0. The molecule has 7 aromatic rings. The summed E-state index contributed by atoms with van der Waals surface area (Å²) in [6.45, 7) is 13.6. The third-order valence-corrected chi connectivity index (χ3v) is 11.1. The fourth-order valence-corrected chi connectivity index (χ4v) is 7.90. The van der Waals surface area contributed by atoms with Gasteiger partial charge in [0.05, 0.1) is 0 Å². The second kappa shape index (κ2) is 16.7. The zero-order chi connectivity index (χ0) is 33.9. The molecular formula is C47H44Cl2Hf-2. The summed E-state index contributed by atoms with van der Waals surface area (Å²) in [4.78, 5) is 0. The summed E-state index contributed by atoms with van der Waals surface area (Å²) in [5, 5.41) is 5.33. The summed E-state index contributed by atoms with van der Waals surface area (Å²) in [5.74, 6) is 0. The van der Waals surface area contributed by atoms with Crippen molar-refractivity contribution < 1.29 is 48.7 Å². The molecule has 0 saturated heterocycles. The van der Waals surface area contributed by atoms with E-state index in [1.54, 1.807) is 0 Å². The molecule has 252 valence electrons. The smallest absolute Gasteiger partial charge is 0.172 e. The quantitative estimate of drug-likeness (QED) is 0.144. The van der Waals surface area contributed by atoms with E-state index in [-0.39, 0.29) is 35.6 Å². The Bertz CT molecular complexity index is 2020. The van der Waals surface area contributed by atoms with Gasteiger partial charge in [0.1, 0.15) is 0 Å².